The molecule has 1 aromatic rings. The number of nitrogens with one attached hydrogen (secondary N) is 1. The van der Waals surface area contributed by atoms with Gasteiger partial charge in [0.2, 0.25) is 0 Å². The molecule has 1 aliphatic heterocycles. The van der Waals surface area contributed by atoms with Crippen LogP contribution in [0.4, 0.5) is 10.5 Å². The molecule has 0 bridgehead atoms. The van der Waals surface area contributed by atoms with Gasteiger partial charge in [-0.15, -0.1) is 5.01 Å². The Hall–Kier alpha value is -2.77. The van der Waals surface area contributed by atoms with Crippen molar-refractivity contribution in [2.45, 2.75) is 25.8 Å². The van der Waals surface area contributed by atoms with E-state index in [1.165, 1.54) is 18.2 Å². The minimum atomic E-state index is -0.989. The van der Waals surface area contributed by atoms with Crippen LogP contribution in [-0.2, 0) is 4.79 Å². The number of nitrogens with zero attached hydrogens (tertiary/aromatic N) is 3. The number of para-hydroxylation sites is 1. The third-order valence-corrected chi connectivity index (χ3v) is 3.39. The first-order valence-corrected chi connectivity index (χ1v) is 6.33. The molecule has 0 spiro atoms. The van der Waals surface area contributed by atoms with Crippen LogP contribution in [0.1, 0.15) is 25.8 Å². The Balaban J connectivity index is 2.29. The molecule has 0 radical (unpaired) electrons. The number of rotatable bonds is 4. The zero-order valence-electron chi connectivity index (χ0n) is 11.6. The number of hydrogen-bond donors (Lipinski definition) is 1. The normalized spacial score (nSPS) is 21.9. The van der Waals surface area contributed by atoms with Crippen molar-refractivity contribution in [3.63, 3.8) is 0 Å². The van der Waals surface area contributed by atoms with Crippen LogP contribution in [0.15, 0.2) is 29.4 Å². The molecule has 0 aromatic heterocycles. The summed E-state index contributed by atoms with van der Waals surface area (Å²) < 4.78 is 0. The average Bonchev–Trinajstić information content (AvgIpc) is 2.68. The number of nitro benzene ring substituents is 1. The smallest absolute Gasteiger partial charge is 0.322 e. The van der Waals surface area contributed by atoms with Crippen molar-refractivity contribution in [2.75, 3.05) is 0 Å². The molecule has 0 saturated carbocycles. The second-order valence-corrected chi connectivity index (χ2v) is 4.79. The summed E-state index contributed by atoms with van der Waals surface area (Å²) in [7, 11) is 0. The number of carbonyl (C=O) groups is 2. The second-order valence-electron chi connectivity index (χ2n) is 4.79. The van der Waals surface area contributed by atoms with Gasteiger partial charge in [-0.25, -0.2) is 4.79 Å². The SMILES string of the molecule is CCC1(C)NC(=O)N(/N=C/c2ccccc2[N+](=O)[O-])C1=O. The van der Waals surface area contributed by atoms with Crippen molar-refractivity contribution in [3.8, 4) is 0 Å². The fraction of sp³-hybridized carbons (Fsp3) is 0.308. The fourth-order valence-electron chi connectivity index (χ4n) is 1.90. The van der Waals surface area contributed by atoms with Gasteiger partial charge in [-0.1, -0.05) is 19.1 Å². The lowest BCUT2D eigenvalue weighted by Gasteiger charge is -2.17. The monoisotopic (exact) mass is 290 g/mol. The number of nitro groups is 1. The Morgan fingerprint density at radius 2 is 2.10 bits per heavy atom. The summed E-state index contributed by atoms with van der Waals surface area (Å²) >= 11 is 0. The molecule has 1 fully saturated rings. The highest BCUT2D eigenvalue weighted by Crippen LogP contribution is 2.21. The van der Waals surface area contributed by atoms with Crippen molar-refractivity contribution in [1.82, 2.24) is 10.3 Å². The van der Waals surface area contributed by atoms with E-state index in [9.17, 15) is 19.7 Å². The number of carbonyl (C=O) groups excluding carboxylic acids is 2. The van der Waals surface area contributed by atoms with Crippen molar-refractivity contribution in [1.29, 1.82) is 0 Å². The molecule has 1 aromatic carbocycles. The summed E-state index contributed by atoms with van der Waals surface area (Å²) in [4.78, 5) is 34.2. The number of imide groups is 1. The molecule has 1 saturated heterocycles. The Morgan fingerprint density at radius 3 is 2.67 bits per heavy atom. The number of hydrogen-bond acceptors (Lipinski definition) is 5. The minimum Gasteiger partial charge on any atom is -0.322 e. The van der Waals surface area contributed by atoms with Gasteiger partial charge in [0.15, 0.2) is 0 Å². The molecule has 0 aliphatic carbocycles. The molecule has 110 valence electrons. The largest absolute Gasteiger partial charge is 0.346 e. The van der Waals surface area contributed by atoms with E-state index in [0.717, 1.165) is 6.21 Å². The Labute approximate surface area is 120 Å². The van der Waals surface area contributed by atoms with E-state index in [4.69, 9.17) is 0 Å². The average molecular weight is 290 g/mol. The van der Waals surface area contributed by atoms with E-state index in [2.05, 4.69) is 10.4 Å². The van der Waals surface area contributed by atoms with Crippen molar-refractivity contribution in [3.05, 3.63) is 39.9 Å². The first-order chi connectivity index (χ1) is 9.89. The van der Waals surface area contributed by atoms with Gasteiger partial charge < -0.3 is 5.32 Å². The highest BCUT2D eigenvalue weighted by molar-refractivity contribution is 6.07. The zero-order valence-corrected chi connectivity index (χ0v) is 11.6. The standard InChI is InChI=1S/C13H14N4O4/c1-3-13(2)11(18)16(12(19)15-13)14-8-9-6-4-5-7-10(9)17(20)21/h4-8H,3H2,1-2H3,(H,15,19)/b14-8+. The summed E-state index contributed by atoms with van der Waals surface area (Å²) in [6.07, 6.45) is 1.56. The summed E-state index contributed by atoms with van der Waals surface area (Å²) in [6.45, 7) is 3.38. The molecule has 1 N–H and O–H groups in total. The quantitative estimate of drug-likeness (QED) is 0.394. The third kappa shape index (κ3) is 2.60. The highest BCUT2D eigenvalue weighted by Gasteiger charge is 2.46. The summed E-state index contributed by atoms with van der Waals surface area (Å²) in [5.74, 6) is -0.482. The maximum atomic E-state index is 12.1. The molecular weight excluding hydrogens is 276 g/mol. The first kappa shape index (κ1) is 14.6. The molecular formula is C13H14N4O4. The Morgan fingerprint density at radius 1 is 1.43 bits per heavy atom. The summed E-state index contributed by atoms with van der Waals surface area (Å²) in [6, 6.07) is 5.30. The van der Waals surface area contributed by atoms with Crippen molar-refractivity contribution in [2.24, 2.45) is 5.10 Å². The van der Waals surface area contributed by atoms with E-state index < -0.39 is 22.4 Å². The van der Waals surface area contributed by atoms with E-state index in [1.807, 2.05) is 0 Å². The lowest BCUT2D eigenvalue weighted by molar-refractivity contribution is -0.385. The molecule has 21 heavy (non-hydrogen) atoms. The molecule has 3 amide bonds. The van der Waals surface area contributed by atoms with Gasteiger partial charge in [-0.05, 0) is 19.4 Å². The number of benzene rings is 1. The molecule has 1 aliphatic rings. The first-order valence-electron chi connectivity index (χ1n) is 6.33. The molecule has 8 heteroatoms. The second kappa shape index (κ2) is 5.31. The van der Waals surface area contributed by atoms with E-state index in [0.29, 0.717) is 11.4 Å². The van der Waals surface area contributed by atoms with Gasteiger partial charge in [0.05, 0.1) is 16.7 Å². The Kier molecular flexibility index (Phi) is 3.70. The summed E-state index contributed by atoms with van der Waals surface area (Å²) in [5, 5.41) is 17.9. The van der Waals surface area contributed by atoms with E-state index in [1.54, 1.807) is 19.9 Å². The lowest BCUT2D eigenvalue weighted by atomic mass is 10.00. The van der Waals surface area contributed by atoms with Gasteiger partial charge in [0, 0.05) is 6.07 Å². The topological polar surface area (TPSA) is 105 Å². The van der Waals surface area contributed by atoms with Crippen LogP contribution in [0.5, 0.6) is 0 Å². The number of amides is 3. The maximum Gasteiger partial charge on any atom is 0.346 e. The van der Waals surface area contributed by atoms with Gasteiger partial charge in [0.1, 0.15) is 5.54 Å². The lowest BCUT2D eigenvalue weighted by Crippen LogP contribution is -2.42. The van der Waals surface area contributed by atoms with E-state index in [-0.39, 0.29) is 11.3 Å². The molecule has 8 nitrogen and oxygen atoms in total. The van der Waals surface area contributed by atoms with E-state index >= 15 is 0 Å². The van der Waals surface area contributed by atoms with Gasteiger partial charge >= 0.3 is 6.03 Å². The molecule has 2 rings (SSSR count). The fourth-order valence-corrected chi connectivity index (χ4v) is 1.90. The number of hydrazone groups is 1. The predicted molar refractivity (Wildman–Crippen MR) is 74.8 cm³/mol. The van der Waals surface area contributed by atoms with Crippen LogP contribution in [0.25, 0.3) is 0 Å². The Bertz CT molecular complexity index is 643. The van der Waals surface area contributed by atoms with Crippen LogP contribution >= 0.6 is 0 Å². The molecule has 1 heterocycles. The third-order valence-electron chi connectivity index (χ3n) is 3.39. The zero-order chi connectivity index (χ0) is 15.6. The minimum absolute atomic E-state index is 0.147. The molecule has 1 unspecified atom stereocenters. The summed E-state index contributed by atoms with van der Waals surface area (Å²) in [5.41, 5.74) is -0.920. The van der Waals surface area contributed by atoms with Crippen LogP contribution in [0, 0.1) is 10.1 Å². The van der Waals surface area contributed by atoms with Crippen molar-refractivity contribution >= 4 is 23.8 Å². The van der Waals surface area contributed by atoms with Gasteiger partial charge in [-0.2, -0.15) is 5.10 Å². The van der Waals surface area contributed by atoms with Crippen molar-refractivity contribution < 1.29 is 14.5 Å². The van der Waals surface area contributed by atoms with Crippen LogP contribution in [-0.4, -0.2) is 33.6 Å². The number of urea groups is 1. The highest BCUT2D eigenvalue weighted by atomic mass is 16.6. The van der Waals surface area contributed by atoms with Crippen LogP contribution in [0.2, 0.25) is 0 Å². The van der Waals surface area contributed by atoms with Gasteiger partial charge in [0.25, 0.3) is 11.6 Å². The molecule has 1 atom stereocenters. The maximum absolute atomic E-state index is 12.1. The van der Waals surface area contributed by atoms with Crippen LogP contribution < -0.4 is 5.32 Å². The van der Waals surface area contributed by atoms with Gasteiger partial charge in [-0.3, -0.25) is 14.9 Å². The predicted octanol–water partition coefficient (Wildman–Crippen LogP) is 1.65. The van der Waals surface area contributed by atoms with Crippen LogP contribution in [0.3, 0.4) is 0 Å².